The predicted octanol–water partition coefficient (Wildman–Crippen LogP) is 3.51. The molecule has 19 heavy (non-hydrogen) atoms. The van der Waals surface area contributed by atoms with Crippen molar-refractivity contribution in [3.63, 3.8) is 0 Å². The van der Waals surface area contributed by atoms with Crippen molar-refractivity contribution in [1.82, 2.24) is 5.32 Å². The van der Waals surface area contributed by atoms with Crippen molar-refractivity contribution in [1.29, 1.82) is 0 Å². The van der Waals surface area contributed by atoms with Gasteiger partial charge in [0.25, 0.3) is 0 Å². The summed E-state index contributed by atoms with van der Waals surface area (Å²) in [5, 5.41) is 6.26. The second-order valence-electron chi connectivity index (χ2n) is 4.80. The first-order chi connectivity index (χ1) is 9.06. The van der Waals surface area contributed by atoms with Crippen LogP contribution in [-0.2, 0) is 4.79 Å². The highest BCUT2D eigenvalue weighted by Gasteiger charge is 2.14. The quantitative estimate of drug-likeness (QED) is 0.751. The molecule has 1 aromatic rings. The van der Waals surface area contributed by atoms with Gasteiger partial charge in [0, 0.05) is 16.6 Å². The highest BCUT2D eigenvalue weighted by atomic mass is 32.2. The summed E-state index contributed by atoms with van der Waals surface area (Å²) < 4.78 is 0. The summed E-state index contributed by atoms with van der Waals surface area (Å²) in [5.74, 6) is 0.0514. The lowest BCUT2D eigenvalue weighted by atomic mass is 10.2. The van der Waals surface area contributed by atoms with Crippen molar-refractivity contribution in [2.45, 2.75) is 50.6 Å². The van der Waals surface area contributed by atoms with Gasteiger partial charge >= 0.3 is 0 Å². The van der Waals surface area contributed by atoms with Gasteiger partial charge in [0.2, 0.25) is 5.91 Å². The zero-order chi connectivity index (χ0) is 14.3. The van der Waals surface area contributed by atoms with Gasteiger partial charge in [-0.1, -0.05) is 19.4 Å². The fraction of sp³-hybridized carbons (Fsp3) is 0.533. The van der Waals surface area contributed by atoms with E-state index in [1.807, 2.05) is 32.2 Å². The van der Waals surface area contributed by atoms with Crippen LogP contribution in [0.5, 0.6) is 0 Å². The normalized spacial score (nSPS) is 13.7. The van der Waals surface area contributed by atoms with E-state index in [-0.39, 0.29) is 18.0 Å². The van der Waals surface area contributed by atoms with E-state index in [1.165, 1.54) is 4.90 Å². The fourth-order valence-electron chi connectivity index (χ4n) is 1.90. The van der Waals surface area contributed by atoms with Crippen molar-refractivity contribution in [2.75, 3.05) is 11.6 Å². The molecule has 1 amide bonds. The maximum absolute atomic E-state index is 12.0. The molecule has 3 nitrogen and oxygen atoms in total. The third kappa shape index (κ3) is 5.55. The summed E-state index contributed by atoms with van der Waals surface area (Å²) in [7, 11) is 0. The molecule has 1 aromatic carbocycles. The molecule has 0 fully saturated rings. The van der Waals surface area contributed by atoms with Crippen molar-refractivity contribution >= 4 is 23.4 Å². The van der Waals surface area contributed by atoms with E-state index in [1.54, 1.807) is 11.8 Å². The van der Waals surface area contributed by atoms with Crippen LogP contribution in [0.3, 0.4) is 0 Å². The molecule has 106 valence electrons. The average molecular weight is 280 g/mol. The third-order valence-electron chi connectivity index (χ3n) is 2.96. The van der Waals surface area contributed by atoms with Gasteiger partial charge in [0.1, 0.15) is 6.04 Å². The summed E-state index contributed by atoms with van der Waals surface area (Å²) in [6.07, 6.45) is 4.14. The number of hydrogen-bond donors (Lipinski definition) is 2. The molecule has 0 saturated carbocycles. The summed E-state index contributed by atoms with van der Waals surface area (Å²) >= 11 is 1.70. The Hall–Kier alpha value is -1.16. The van der Waals surface area contributed by atoms with Gasteiger partial charge in [0.05, 0.1) is 0 Å². The standard InChI is InChI=1S/C15H24N2OS/c1-5-7-11(2)16-15(18)12(3)17-13-8-6-9-14(10-13)19-4/h6,8-12,17H,5,7H2,1-4H3,(H,16,18). The van der Waals surface area contributed by atoms with Crippen LogP contribution < -0.4 is 10.6 Å². The molecule has 0 aliphatic carbocycles. The number of hydrogen-bond acceptors (Lipinski definition) is 3. The molecule has 2 atom stereocenters. The van der Waals surface area contributed by atoms with E-state index < -0.39 is 0 Å². The molecular formula is C15H24N2OS. The molecule has 0 radical (unpaired) electrons. The number of amides is 1. The molecule has 0 aliphatic heterocycles. The smallest absolute Gasteiger partial charge is 0.242 e. The number of benzene rings is 1. The molecule has 2 unspecified atom stereocenters. The lowest BCUT2D eigenvalue weighted by molar-refractivity contribution is -0.122. The molecule has 0 saturated heterocycles. The molecule has 0 bridgehead atoms. The Morgan fingerprint density at radius 3 is 2.74 bits per heavy atom. The second-order valence-corrected chi connectivity index (χ2v) is 5.68. The third-order valence-corrected chi connectivity index (χ3v) is 3.68. The van der Waals surface area contributed by atoms with Gasteiger partial charge in [-0.25, -0.2) is 0 Å². The lowest BCUT2D eigenvalue weighted by Crippen LogP contribution is -2.42. The molecule has 0 aliphatic rings. The molecule has 0 aromatic heterocycles. The SMILES string of the molecule is CCCC(C)NC(=O)C(C)Nc1cccc(SC)c1. The minimum atomic E-state index is -0.226. The first kappa shape index (κ1) is 15.9. The Kier molecular flexibility index (Phi) is 6.78. The largest absolute Gasteiger partial charge is 0.374 e. The van der Waals surface area contributed by atoms with Crippen molar-refractivity contribution in [3.8, 4) is 0 Å². The highest BCUT2D eigenvalue weighted by molar-refractivity contribution is 7.98. The lowest BCUT2D eigenvalue weighted by Gasteiger charge is -2.19. The van der Waals surface area contributed by atoms with Gasteiger partial charge in [-0.05, 0) is 44.7 Å². The Morgan fingerprint density at radius 1 is 1.37 bits per heavy atom. The molecule has 1 rings (SSSR count). The van der Waals surface area contributed by atoms with Crippen molar-refractivity contribution in [2.24, 2.45) is 0 Å². The minimum absolute atomic E-state index is 0.0514. The van der Waals surface area contributed by atoms with Crippen LogP contribution >= 0.6 is 11.8 Å². The van der Waals surface area contributed by atoms with E-state index in [0.717, 1.165) is 18.5 Å². The number of carbonyl (C=O) groups excluding carboxylic acids is 1. The Balaban J connectivity index is 2.53. The first-order valence-electron chi connectivity index (χ1n) is 6.77. The number of carbonyl (C=O) groups is 1. The van der Waals surface area contributed by atoms with Crippen LogP contribution in [0.2, 0.25) is 0 Å². The summed E-state index contributed by atoms with van der Waals surface area (Å²) in [6.45, 7) is 6.06. The van der Waals surface area contributed by atoms with Crippen LogP contribution in [-0.4, -0.2) is 24.2 Å². The number of thioether (sulfide) groups is 1. The maximum Gasteiger partial charge on any atom is 0.242 e. The number of rotatable bonds is 7. The van der Waals surface area contributed by atoms with E-state index in [9.17, 15) is 4.79 Å². The minimum Gasteiger partial charge on any atom is -0.374 e. The van der Waals surface area contributed by atoms with Gasteiger partial charge < -0.3 is 10.6 Å². The van der Waals surface area contributed by atoms with Crippen LogP contribution in [0, 0.1) is 0 Å². The summed E-state index contributed by atoms with van der Waals surface area (Å²) in [6, 6.07) is 8.11. The van der Waals surface area contributed by atoms with Gasteiger partial charge in [-0.2, -0.15) is 0 Å². The van der Waals surface area contributed by atoms with Crippen LogP contribution in [0.4, 0.5) is 5.69 Å². The van der Waals surface area contributed by atoms with E-state index >= 15 is 0 Å². The van der Waals surface area contributed by atoms with E-state index in [0.29, 0.717) is 0 Å². The molecule has 2 N–H and O–H groups in total. The van der Waals surface area contributed by atoms with Crippen molar-refractivity contribution in [3.05, 3.63) is 24.3 Å². The number of nitrogens with one attached hydrogen (secondary N) is 2. The fourth-order valence-corrected chi connectivity index (χ4v) is 2.36. The van der Waals surface area contributed by atoms with Crippen LogP contribution in [0.15, 0.2) is 29.2 Å². The van der Waals surface area contributed by atoms with Gasteiger partial charge in [-0.3, -0.25) is 4.79 Å². The second kappa shape index (κ2) is 8.10. The Labute approximate surface area is 120 Å². The Morgan fingerprint density at radius 2 is 2.11 bits per heavy atom. The summed E-state index contributed by atoms with van der Waals surface area (Å²) in [4.78, 5) is 13.2. The number of anilines is 1. The monoisotopic (exact) mass is 280 g/mol. The average Bonchev–Trinajstić information content (AvgIpc) is 2.39. The highest BCUT2D eigenvalue weighted by Crippen LogP contribution is 2.19. The predicted molar refractivity (Wildman–Crippen MR) is 83.8 cm³/mol. The van der Waals surface area contributed by atoms with Gasteiger partial charge in [0.15, 0.2) is 0 Å². The topological polar surface area (TPSA) is 41.1 Å². The zero-order valence-corrected chi connectivity index (χ0v) is 13.0. The zero-order valence-electron chi connectivity index (χ0n) is 12.2. The van der Waals surface area contributed by atoms with Crippen LogP contribution in [0.25, 0.3) is 0 Å². The van der Waals surface area contributed by atoms with Gasteiger partial charge in [-0.15, -0.1) is 11.8 Å². The maximum atomic E-state index is 12.0. The first-order valence-corrected chi connectivity index (χ1v) is 8.00. The van der Waals surface area contributed by atoms with Crippen LogP contribution in [0.1, 0.15) is 33.6 Å². The van der Waals surface area contributed by atoms with E-state index in [4.69, 9.17) is 0 Å². The molecule has 4 heteroatoms. The summed E-state index contributed by atoms with van der Waals surface area (Å²) in [5.41, 5.74) is 0.984. The molecule has 0 spiro atoms. The van der Waals surface area contributed by atoms with E-state index in [2.05, 4.69) is 29.7 Å². The Bertz CT molecular complexity index is 409. The molecule has 0 heterocycles. The van der Waals surface area contributed by atoms with Crippen molar-refractivity contribution < 1.29 is 4.79 Å². The molecular weight excluding hydrogens is 256 g/mol.